The lowest BCUT2D eigenvalue weighted by Gasteiger charge is -2.15. The highest BCUT2D eigenvalue weighted by atomic mass is 16.7. The van der Waals surface area contributed by atoms with Gasteiger partial charge in [-0.25, -0.2) is 0 Å². The first kappa shape index (κ1) is 28.4. The summed E-state index contributed by atoms with van der Waals surface area (Å²) in [6, 6.07) is 20.5. The zero-order valence-corrected chi connectivity index (χ0v) is 24.2. The summed E-state index contributed by atoms with van der Waals surface area (Å²) < 4.78 is 32.5. The molecule has 4 aromatic carbocycles. The fraction of sp³-hybridized carbons (Fsp3) is 0.257. The summed E-state index contributed by atoms with van der Waals surface area (Å²) in [6.45, 7) is -0.200. The molecule has 0 spiro atoms. The van der Waals surface area contributed by atoms with Gasteiger partial charge in [-0.05, 0) is 103 Å². The predicted molar refractivity (Wildman–Crippen MR) is 160 cm³/mol. The zero-order valence-electron chi connectivity index (χ0n) is 24.2. The molecule has 2 atom stereocenters. The van der Waals surface area contributed by atoms with Crippen LogP contribution in [0, 0.1) is 0 Å². The molecule has 1 fully saturated rings. The molecular formula is C35H30O10. The summed E-state index contributed by atoms with van der Waals surface area (Å²) >= 11 is 0. The molecule has 45 heavy (non-hydrogen) atoms. The van der Waals surface area contributed by atoms with Crippen LogP contribution in [0.1, 0.15) is 62.9 Å². The Labute approximate surface area is 258 Å². The average Bonchev–Trinajstić information content (AvgIpc) is 3.83. The van der Waals surface area contributed by atoms with E-state index in [0.717, 1.165) is 30.4 Å². The van der Waals surface area contributed by atoms with Crippen molar-refractivity contribution >= 4 is 11.6 Å². The van der Waals surface area contributed by atoms with Gasteiger partial charge in [0.05, 0.1) is 0 Å². The second kappa shape index (κ2) is 12.0. The zero-order chi connectivity index (χ0) is 30.9. The van der Waals surface area contributed by atoms with Gasteiger partial charge in [0.15, 0.2) is 70.8 Å². The van der Waals surface area contributed by atoms with E-state index in [1.165, 1.54) is 0 Å². The maximum atomic E-state index is 12.6. The van der Waals surface area contributed by atoms with Crippen molar-refractivity contribution in [2.45, 2.75) is 31.1 Å². The Balaban J connectivity index is 0.929. The fourth-order valence-corrected chi connectivity index (χ4v) is 6.00. The smallest absolute Gasteiger partial charge is 0.231 e. The summed E-state index contributed by atoms with van der Waals surface area (Å²) in [5.41, 5.74) is 2.84. The number of ether oxygens (including phenoxy) is 6. The van der Waals surface area contributed by atoms with Gasteiger partial charge in [-0.3, -0.25) is 9.59 Å². The van der Waals surface area contributed by atoms with Crippen molar-refractivity contribution in [1.82, 2.24) is 0 Å². The van der Waals surface area contributed by atoms with Crippen molar-refractivity contribution in [3.05, 3.63) is 95.1 Å². The molecule has 1 aliphatic carbocycles. The number of carbonyl (C=O) groups excluding carboxylic acids is 2. The number of benzene rings is 4. The molecule has 2 N–H and O–H groups in total. The lowest BCUT2D eigenvalue weighted by Crippen LogP contribution is -2.11. The van der Waals surface area contributed by atoms with Crippen LogP contribution < -0.4 is 28.4 Å². The first-order chi connectivity index (χ1) is 21.9. The first-order valence-electron chi connectivity index (χ1n) is 14.7. The number of aromatic hydroxyl groups is 2. The van der Waals surface area contributed by atoms with Gasteiger partial charge in [0.25, 0.3) is 0 Å². The van der Waals surface area contributed by atoms with E-state index in [9.17, 15) is 19.8 Å². The highest BCUT2D eigenvalue weighted by Crippen LogP contribution is 2.46. The van der Waals surface area contributed by atoms with Crippen molar-refractivity contribution in [1.29, 1.82) is 0 Å². The first-order valence-corrected chi connectivity index (χ1v) is 14.7. The number of phenols is 2. The third-order valence-corrected chi connectivity index (χ3v) is 8.45. The molecule has 0 radical (unpaired) electrons. The highest BCUT2D eigenvalue weighted by molar-refractivity contribution is 5.98. The molecule has 0 saturated heterocycles. The second-order valence-corrected chi connectivity index (χ2v) is 11.2. The van der Waals surface area contributed by atoms with Gasteiger partial charge in [0.1, 0.15) is 0 Å². The van der Waals surface area contributed by atoms with Gasteiger partial charge >= 0.3 is 0 Å². The van der Waals surface area contributed by atoms with E-state index in [-0.39, 0.29) is 73.2 Å². The maximum Gasteiger partial charge on any atom is 0.231 e. The fourth-order valence-electron chi connectivity index (χ4n) is 6.00. The van der Waals surface area contributed by atoms with Crippen LogP contribution in [0.3, 0.4) is 0 Å². The van der Waals surface area contributed by atoms with Crippen molar-refractivity contribution in [3.63, 3.8) is 0 Å². The van der Waals surface area contributed by atoms with E-state index < -0.39 is 0 Å². The number of hydrogen-bond acceptors (Lipinski definition) is 10. The number of fused-ring (bicyclic) bond motifs is 2. The third kappa shape index (κ3) is 5.91. The van der Waals surface area contributed by atoms with Crippen molar-refractivity contribution in [2.75, 3.05) is 26.8 Å². The number of carbonyl (C=O) groups is 2. The van der Waals surface area contributed by atoms with Crippen LogP contribution >= 0.6 is 0 Å². The predicted octanol–water partition coefficient (Wildman–Crippen LogP) is 6.13. The molecule has 10 heteroatoms. The molecule has 0 unspecified atom stereocenters. The van der Waals surface area contributed by atoms with Gasteiger partial charge in [-0.1, -0.05) is 12.1 Å². The molecule has 230 valence electrons. The molecule has 7 rings (SSSR count). The van der Waals surface area contributed by atoms with Crippen molar-refractivity contribution in [2.24, 2.45) is 0 Å². The summed E-state index contributed by atoms with van der Waals surface area (Å²) in [6.07, 6.45) is 2.66. The number of ketones is 2. The van der Waals surface area contributed by atoms with Crippen LogP contribution in [0.25, 0.3) is 0 Å². The normalized spacial score (nSPS) is 17.7. The Hall–Kier alpha value is -5.38. The number of hydrogen-bond donors (Lipinski definition) is 2. The molecule has 0 amide bonds. The number of Topliss-reactive ketones (excluding diaryl/α,β-unsaturated/α-hetero) is 2. The van der Waals surface area contributed by atoms with Gasteiger partial charge in [0, 0.05) is 11.1 Å². The van der Waals surface area contributed by atoms with Crippen molar-refractivity contribution in [3.8, 4) is 46.0 Å². The quantitative estimate of drug-likeness (QED) is 0.202. The van der Waals surface area contributed by atoms with Gasteiger partial charge in [-0.15, -0.1) is 0 Å². The Bertz CT molecular complexity index is 1650. The maximum absolute atomic E-state index is 12.6. The van der Waals surface area contributed by atoms with Gasteiger partial charge in [-0.2, -0.15) is 0 Å². The topological polar surface area (TPSA) is 130 Å². The Kier molecular flexibility index (Phi) is 7.54. The van der Waals surface area contributed by atoms with Gasteiger partial charge < -0.3 is 38.6 Å². The SMILES string of the molecule is O=C(COc1ccc([C@@H]2CC[C@H](c3ccc(OCC(=O)c4ccc5c(c4)OCO5)c(O)c3)C2)cc1O)c1ccc2c(c1)OCO2. The van der Waals surface area contributed by atoms with E-state index in [1.54, 1.807) is 60.7 Å². The molecule has 2 heterocycles. The Morgan fingerprint density at radius 1 is 0.600 bits per heavy atom. The van der Waals surface area contributed by atoms with Crippen LogP contribution in [0.4, 0.5) is 0 Å². The van der Waals surface area contributed by atoms with Crippen molar-refractivity contribution < 1.29 is 48.2 Å². The van der Waals surface area contributed by atoms with Crippen LogP contribution in [-0.2, 0) is 0 Å². The molecule has 3 aliphatic rings. The average molecular weight is 611 g/mol. The molecule has 2 aliphatic heterocycles. The molecule has 4 aromatic rings. The molecule has 10 nitrogen and oxygen atoms in total. The van der Waals surface area contributed by atoms with Crippen LogP contribution in [0.15, 0.2) is 72.8 Å². The van der Waals surface area contributed by atoms with E-state index in [4.69, 9.17) is 28.4 Å². The lowest BCUT2D eigenvalue weighted by molar-refractivity contribution is 0.0912. The molecule has 0 aromatic heterocycles. The number of phenolic OH excluding ortho intramolecular Hbond substituents is 2. The van der Waals surface area contributed by atoms with E-state index >= 15 is 0 Å². The van der Waals surface area contributed by atoms with Crippen LogP contribution in [0.5, 0.6) is 46.0 Å². The monoisotopic (exact) mass is 610 g/mol. The minimum atomic E-state index is -0.244. The Morgan fingerprint density at radius 2 is 1.04 bits per heavy atom. The van der Waals surface area contributed by atoms with Crippen LogP contribution in [0.2, 0.25) is 0 Å². The largest absolute Gasteiger partial charge is 0.504 e. The van der Waals surface area contributed by atoms with E-state index in [0.29, 0.717) is 34.1 Å². The summed E-state index contributed by atoms with van der Waals surface area (Å²) in [7, 11) is 0. The minimum Gasteiger partial charge on any atom is -0.504 e. The standard InChI is InChI=1S/C35H30O10/c36-26-12-22(3-7-30(26)40-16-28(38)24-5-9-32-34(14-24)44-18-42-32)20-1-2-21(11-20)23-4-8-31(27(37)13-23)41-17-29(39)25-6-10-33-35(15-25)45-19-43-33/h3-10,12-15,20-21,36-37H,1-2,11,16-19H2/t20-,21+. The molecule has 0 bridgehead atoms. The number of rotatable bonds is 10. The lowest BCUT2D eigenvalue weighted by atomic mass is 9.92. The molecule has 1 saturated carbocycles. The second-order valence-electron chi connectivity index (χ2n) is 11.2. The summed E-state index contributed by atoms with van der Waals surface area (Å²) in [5.74, 6) is 2.59. The van der Waals surface area contributed by atoms with E-state index in [2.05, 4.69) is 0 Å². The van der Waals surface area contributed by atoms with Crippen LogP contribution in [-0.4, -0.2) is 48.6 Å². The summed E-state index contributed by atoms with van der Waals surface area (Å²) in [5, 5.41) is 21.3. The Morgan fingerprint density at radius 3 is 1.49 bits per heavy atom. The highest BCUT2D eigenvalue weighted by Gasteiger charge is 2.28. The molecular weight excluding hydrogens is 580 g/mol. The van der Waals surface area contributed by atoms with Gasteiger partial charge in [0.2, 0.25) is 13.6 Å². The van der Waals surface area contributed by atoms with E-state index in [1.807, 2.05) is 12.1 Å². The summed E-state index contributed by atoms with van der Waals surface area (Å²) in [4.78, 5) is 25.3. The third-order valence-electron chi connectivity index (χ3n) is 8.45. The minimum absolute atomic E-state index is 0.0242.